The van der Waals surface area contributed by atoms with Gasteiger partial charge in [0.05, 0.1) is 5.92 Å². The third-order valence-corrected chi connectivity index (χ3v) is 4.94. The quantitative estimate of drug-likeness (QED) is 0.872. The summed E-state index contributed by atoms with van der Waals surface area (Å²) < 4.78 is 0. The summed E-state index contributed by atoms with van der Waals surface area (Å²) in [5, 5.41) is 11.9. The van der Waals surface area contributed by atoms with E-state index < -0.39 is 17.9 Å². The van der Waals surface area contributed by atoms with Crippen molar-refractivity contribution in [3.8, 4) is 0 Å². The third-order valence-electron chi connectivity index (χ3n) is 4.94. The van der Waals surface area contributed by atoms with Gasteiger partial charge >= 0.3 is 12.0 Å². The molecule has 3 unspecified atom stereocenters. The molecule has 7 heteroatoms. The number of carboxylic acids is 1. The molecule has 134 valence electrons. The summed E-state index contributed by atoms with van der Waals surface area (Å²) in [4.78, 5) is 39.5. The lowest BCUT2D eigenvalue weighted by Gasteiger charge is -2.31. The van der Waals surface area contributed by atoms with Crippen LogP contribution in [0, 0.1) is 5.92 Å². The van der Waals surface area contributed by atoms with E-state index in [2.05, 4.69) is 5.32 Å². The molecule has 0 radical (unpaired) electrons. The Labute approximate surface area is 146 Å². The minimum absolute atomic E-state index is 0.00618. The monoisotopic (exact) mass is 345 g/mol. The normalized spacial score (nSPS) is 26.6. The predicted molar refractivity (Wildman–Crippen MR) is 92.3 cm³/mol. The van der Waals surface area contributed by atoms with Crippen LogP contribution >= 0.6 is 0 Å². The third kappa shape index (κ3) is 3.60. The number of nitrogens with zero attached hydrogens (tertiary/aromatic N) is 2. The number of hydrogen-bond acceptors (Lipinski definition) is 3. The molecule has 1 aromatic rings. The van der Waals surface area contributed by atoms with Crippen LogP contribution in [0.1, 0.15) is 26.2 Å². The molecular formula is C18H23N3O4. The van der Waals surface area contributed by atoms with E-state index in [4.69, 9.17) is 5.11 Å². The van der Waals surface area contributed by atoms with Crippen LogP contribution in [0.25, 0.3) is 0 Å². The van der Waals surface area contributed by atoms with Crippen molar-refractivity contribution in [3.63, 3.8) is 0 Å². The standard InChI is InChI=1S/C18H23N3O4/c1-12-10-15(16(22)21(12)14-7-3-2-4-8-14)19-18(25)20-9-5-6-13(11-20)17(23)24/h2-4,7-8,12-13,15H,5-6,9-11H2,1H3,(H,19,25)(H,23,24). The van der Waals surface area contributed by atoms with Gasteiger partial charge in [0.25, 0.3) is 0 Å². The zero-order chi connectivity index (χ0) is 18.0. The van der Waals surface area contributed by atoms with Gasteiger partial charge in [0.15, 0.2) is 0 Å². The molecule has 3 amide bonds. The fourth-order valence-corrected chi connectivity index (χ4v) is 3.63. The maximum absolute atomic E-state index is 12.7. The predicted octanol–water partition coefficient (Wildman–Crippen LogP) is 1.69. The second kappa shape index (κ2) is 7.13. The van der Waals surface area contributed by atoms with Crippen LogP contribution in [0.2, 0.25) is 0 Å². The average Bonchev–Trinajstić information content (AvgIpc) is 2.89. The van der Waals surface area contributed by atoms with E-state index in [0.29, 0.717) is 25.8 Å². The van der Waals surface area contributed by atoms with Crippen LogP contribution in [0.4, 0.5) is 10.5 Å². The van der Waals surface area contributed by atoms with E-state index in [-0.39, 0.29) is 24.5 Å². The number of rotatable bonds is 3. The Hall–Kier alpha value is -2.57. The number of anilines is 1. The number of amides is 3. The number of urea groups is 1. The second-order valence-electron chi connectivity index (χ2n) is 6.75. The first-order valence-corrected chi connectivity index (χ1v) is 8.63. The topological polar surface area (TPSA) is 90.0 Å². The number of para-hydroxylation sites is 1. The summed E-state index contributed by atoms with van der Waals surface area (Å²) in [6.07, 6.45) is 1.78. The van der Waals surface area contributed by atoms with Crippen LogP contribution in [-0.4, -0.2) is 53.1 Å². The van der Waals surface area contributed by atoms with Crippen LogP contribution in [-0.2, 0) is 9.59 Å². The Balaban J connectivity index is 1.64. The fourth-order valence-electron chi connectivity index (χ4n) is 3.63. The number of hydrogen-bond donors (Lipinski definition) is 2. The second-order valence-corrected chi connectivity index (χ2v) is 6.75. The van der Waals surface area contributed by atoms with Gasteiger partial charge in [-0.15, -0.1) is 0 Å². The molecule has 2 aliphatic heterocycles. The number of aliphatic carboxylic acids is 1. The van der Waals surface area contributed by atoms with Crippen molar-refractivity contribution in [1.82, 2.24) is 10.2 Å². The molecule has 1 aromatic carbocycles. The molecule has 2 heterocycles. The summed E-state index contributed by atoms with van der Waals surface area (Å²) in [7, 11) is 0. The van der Waals surface area contributed by atoms with Crippen LogP contribution in [0.5, 0.6) is 0 Å². The van der Waals surface area contributed by atoms with Gasteiger partial charge < -0.3 is 20.2 Å². The number of benzene rings is 1. The van der Waals surface area contributed by atoms with Crippen molar-refractivity contribution in [1.29, 1.82) is 0 Å². The van der Waals surface area contributed by atoms with E-state index >= 15 is 0 Å². The molecule has 0 aromatic heterocycles. The number of nitrogens with one attached hydrogen (secondary N) is 1. The van der Waals surface area contributed by atoms with Gasteiger partial charge in [0, 0.05) is 24.8 Å². The fraction of sp³-hybridized carbons (Fsp3) is 0.500. The molecule has 0 bridgehead atoms. The Morgan fingerprint density at radius 2 is 1.96 bits per heavy atom. The summed E-state index contributed by atoms with van der Waals surface area (Å²) in [6, 6.07) is 8.46. The lowest BCUT2D eigenvalue weighted by Crippen LogP contribution is -2.51. The molecule has 25 heavy (non-hydrogen) atoms. The molecular weight excluding hydrogens is 322 g/mol. The largest absolute Gasteiger partial charge is 0.481 e. The Bertz CT molecular complexity index is 664. The van der Waals surface area contributed by atoms with Crippen LogP contribution in [0.3, 0.4) is 0 Å². The van der Waals surface area contributed by atoms with Crippen molar-refractivity contribution in [2.75, 3.05) is 18.0 Å². The van der Waals surface area contributed by atoms with Crippen molar-refractivity contribution in [2.45, 2.75) is 38.3 Å². The minimum atomic E-state index is -0.877. The van der Waals surface area contributed by atoms with E-state index in [9.17, 15) is 14.4 Å². The lowest BCUT2D eigenvalue weighted by atomic mass is 9.99. The smallest absolute Gasteiger partial charge is 0.318 e. The molecule has 2 saturated heterocycles. The molecule has 3 atom stereocenters. The van der Waals surface area contributed by atoms with Crippen molar-refractivity contribution < 1.29 is 19.5 Å². The molecule has 0 saturated carbocycles. The summed E-state index contributed by atoms with van der Waals surface area (Å²) >= 11 is 0. The van der Waals surface area contributed by atoms with Crippen LogP contribution in [0.15, 0.2) is 30.3 Å². The summed E-state index contributed by atoms with van der Waals surface area (Å²) in [6.45, 7) is 2.67. The Morgan fingerprint density at radius 1 is 1.24 bits per heavy atom. The van der Waals surface area contributed by atoms with E-state index in [1.807, 2.05) is 37.3 Å². The molecule has 2 fully saturated rings. The SMILES string of the molecule is CC1CC(NC(=O)N2CCCC(C(=O)O)C2)C(=O)N1c1ccccc1. The maximum Gasteiger partial charge on any atom is 0.318 e. The molecule has 0 aliphatic carbocycles. The zero-order valence-corrected chi connectivity index (χ0v) is 14.2. The van der Waals surface area contributed by atoms with Crippen molar-refractivity contribution in [2.24, 2.45) is 5.92 Å². The number of carbonyl (C=O) groups is 3. The van der Waals surface area contributed by atoms with E-state index in [1.165, 1.54) is 4.90 Å². The number of carboxylic acid groups (broad SMARTS) is 1. The zero-order valence-electron chi connectivity index (χ0n) is 14.2. The Morgan fingerprint density at radius 3 is 2.64 bits per heavy atom. The summed E-state index contributed by atoms with van der Waals surface area (Å²) in [5.74, 6) is -1.53. The van der Waals surface area contributed by atoms with Gasteiger partial charge in [-0.3, -0.25) is 9.59 Å². The van der Waals surface area contributed by atoms with Gasteiger partial charge in [-0.25, -0.2) is 4.79 Å². The molecule has 2 N–H and O–H groups in total. The summed E-state index contributed by atoms with van der Waals surface area (Å²) in [5.41, 5.74) is 0.820. The van der Waals surface area contributed by atoms with E-state index in [0.717, 1.165) is 5.69 Å². The highest BCUT2D eigenvalue weighted by molar-refractivity contribution is 6.01. The highest BCUT2D eigenvalue weighted by atomic mass is 16.4. The van der Waals surface area contributed by atoms with Crippen LogP contribution < -0.4 is 10.2 Å². The average molecular weight is 345 g/mol. The Kier molecular flexibility index (Phi) is 4.92. The highest BCUT2D eigenvalue weighted by Gasteiger charge is 2.40. The van der Waals surface area contributed by atoms with Crippen molar-refractivity contribution in [3.05, 3.63) is 30.3 Å². The number of piperidine rings is 1. The van der Waals surface area contributed by atoms with Gasteiger partial charge in [-0.05, 0) is 38.3 Å². The first-order valence-electron chi connectivity index (χ1n) is 8.63. The molecule has 0 spiro atoms. The maximum atomic E-state index is 12.7. The lowest BCUT2D eigenvalue weighted by molar-refractivity contribution is -0.143. The van der Waals surface area contributed by atoms with Gasteiger partial charge in [0.1, 0.15) is 6.04 Å². The molecule has 2 aliphatic rings. The first-order chi connectivity index (χ1) is 12.0. The minimum Gasteiger partial charge on any atom is -0.481 e. The van der Waals surface area contributed by atoms with Gasteiger partial charge in [0.2, 0.25) is 5.91 Å². The van der Waals surface area contributed by atoms with E-state index in [1.54, 1.807) is 4.90 Å². The van der Waals surface area contributed by atoms with Crippen molar-refractivity contribution >= 4 is 23.6 Å². The van der Waals surface area contributed by atoms with Gasteiger partial charge in [-0.1, -0.05) is 18.2 Å². The van der Waals surface area contributed by atoms with Gasteiger partial charge in [-0.2, -0.15) is 0 Å². The first kappa shape index (κ1) is 17.3. The highest BCUT2D eigenvalue weighted by Crippen LogP contribution is 2.27. The number of carbonyl (C=O) groups excluding carboxylic acids is 2. The number of likely N-dealkylation sites (tertiary alicyclic amines) is 1. The molecule has 7 nitrogen and oxygen atoms in total. The molecule has 3 rings (SSSR count).